The smallest absolute Gasteiger partial charge is 0.254 e. The van der Waals surface area contributed by atoms with E-state index in [-0.39, 0.29) is 11.3 Å². The fourth-order valence-corrected chi connectivity index (χ4v) is 2.16. The Kier molecular flexibility index (Phi) is 3.82. The Morgan fingerprint density at radius 2 is 2.11 bits per heavy atom. The summed E-state index contributed by atoms with van der Waals surface area (Å²) in [7, 11) is 1.76. The molecule has 0 N–H and O–H groups in total. The van der Waals surface area contributed by atoms with E-state index in [0.717, 1.165) is 10.9 Å². The number of pyridine rings is 1. The average molecular weight is 263 g/mol. The minimum atomic E-state index is -0.0629. The number of para-hydroxylation sites is 1. The fourth-order valence-electron chi connectivity index (χ4n) is 1.95. The molecule has 0 aliphatic carbocycles. The highest BCUT2D eigenvalue weighted by Crippen LogP contribution is 2.17. The molecule has 0 fully saturated rings. The Balaban J connectivity index is 2.39. The van der Waals surface area contributed by atoms with Gasteiger partial charge in [0.05, 0.1) is 11.1 Å². The Bertz CT molecular complexity index is 563. The molecule has 0 aliphatic heterocycles. The Morgan fingerprint density at radius 3 is 2.83 bits per heavy atom. The lowest BCUT2D eigenvalue weighted by Crippen LogP contribution is -2.31. The van der Waals surface area contributed by atoms with Gasteiger partial charge in [-0.1, -0.05) is 18.2 Å². The molecule has 2 rings (SSSR count). The standard InChI is InChI=1S/C14H15ClN2O/c1-10(15)9-17(2)14(18)12-7-8-16-13-6-4-3-5-11(12)13/h3-8,10H,9H2,1-2H3. The summed E-state index contributed by atoms with van der Waals surface area (Å²) in [6, 6.07) is 9.38. The van der Waals surface area contributed by atoms with Crippen LogP contribution in [0.1, 0.15) is 17.3 Å². The maximum atomic E-state index is 12.3. The predicted molar refractivity (Wildman–Crippen MR) is 74.0 cm³/mol. The van der Waals surface area contributed by atoms with E-state index in [2.05, 4.69) is 4.98 Å². The molecule has 94 valence electrons. The number of nitrogens with zero attached hydrogens (tertiary/aromatic N) is 2. The summed E-state index contributed by atoms with van der Waals surface area (Å²) in [5.74, 6) is -0.0268. The summed E-state index contributed by atoms with van der Waals surface area (Å²) < 4.78 is 0. The Hall–Kier alpha value is -1.61. The van der Waals surface area contributed by atoms with E-state index in [1.807, 2.05) is 31.2 Å². The number of hydrogen-bond acceptors (Lipinski definition) is 2. The lowest BCUT2D eigenvalue weighted by molar-refractivity contribution is 0.0798. The van der Waals surface area contributed by atoms with E-state index < -0.39 is 0 Å². The van der Waals surface area contributed by atoms with Crippen molar-refractivity contribution < 1.29 is 4.79 Å². The van der Waals surface area contributed by atoms with E-state index in [0.29, 0.717) is 12.1 Å². The molecule has 0 bridgehead atoms. The molecule has 1 unspecified atom stereocenters. The molecule has 1 atom stereocenters. The van der Waals surface area contributed by atoms with Crippen LogP contribution in [0.15, 0.2) is 36.5 Å². The van der Waals surface area contributed by atoms with Gasteiger partial charge in [0, 0.05) is 30.6 Å². The maximum Gasteiger partial charge on any atom is 0.254 e. The van der Waals surface area contributed by atoms with E-state index in [1.54, 1.807) is 24.2 Å². The number of halogens is 1. The third-order valence-corrected chi connectivity index (χ3v) is 2.89. The van der Waals surface area contributed by atoms with Crippen LogP contribution in [0.5, 0.6) is 0 Å². The van der Waals surface area contributed by atoms with Gasteiger partial charge in [-0.05, 0) is 19.1 Å². The monoisotopic (exact) mass is 262 g/mol. The first-order valence-corrected chi connectivity index (χ1v) is 6.26. The zero-order valence-corrected chi connectivity index (χ0v) is 11.2. The van der Waals surface area contributed by atoms with Gasteiger partial charge >= 0.3 is 0 Å². The molecule has 1 heterocycles. The van der Waals surface area contributed by atoms with Gasteiger partial charge in [0.25, 0.3) is 5.91 Å². The van der Waals surface area contributed by atoms with Gasteiger partial charge < -0.3 is 4.90 Å². The van der Waals surface area contributed by atoms with Crippen molar-refractivity contribution in [2.24, 2.45) is 0 Å². The summed E-state index contributed by atoms with van der Waals surface area (Å²) in [5, 5.41) is 0.811. The van der Waals surface area contributed by atoms with Crippen LogP contribution in [0, 0.1) is 0 Å². The topological polar surface area (TPSA) is 33.2 Å². The molecule has 0 spiro atoms. The van der Waals surface area contributed by atoms with Crippen molar-refractivity contribution in [1.82, 2.24) is 9.88 Å². The van der Waals surface area contributed by atoms with Crippen LogP contribution in [0.2, 0.25) is 0 Å². The van der Waals surface area contributed by atoms with Crippen LogP contribution in [-0.2, 0) is 0 Å². The minimum absolute atomic E-state index is 0.0268. The van der Waals surface area contributed by atoms with Gasteiger partial charge in [0.15, 0.2) is 0 Å². The van der Waals surface area contributed by atoms with Crippen molar-refractivity contribution in [3.8, 4) is 0 Å². The van der Waals surface area contributed by atoms with Crippen LogP contribution >= 0.6 is 11.6 Å². The number of alkyl halides is 1. The molecule has 0 aliphatic rings. The normalized spacial score (nSPS) is 12.4. The molecule has 1 amide bonds. The predicted octanol–water partition coefficient (Wildman–Crippen LogP) is 2.93. The van der Waals surface area contributed by atoms with Crippen molar-refractivity contribution in [2.75, 3.05) is 13.6 Å². The van der Waals surface area contributed by atoms with Crippen LogP contribution in [0.3, 0.4) is 0 Å². The third kappa shape index (κ3) is 2.62. The third-order valence-electron chi connectivity index (χ3n) is 2.75. The molecule has 2 aromatic rings. The largest absolute Gasteiger partial charge is 0.340 e. The molecule has 0 radical (unpaired) electrons. The van der Waals surface area contributed by atoms with Crippen LogP contribution in [-0.4, -0.2) is 34.8 Å². The minimum Gasteiger partial charge on any atom is -0.340 e. The summed E-state index contributed by atoms with van der Waals surface area (Å²) in [4.78, 5) is 18.2. The SMILES string of the molecule is CC(Cl)CN(C)C(=O)c1ccnc2ccccc12. The Labute approximate surface area is 111 Å². The first kappa shape index (κ1) is 12.8. The van der Waals surface area contributed by atoms with Gasteiger partial charge in [0.2, 0.25) is 0 Å². The van der Waals surface area contributed by atoms with Crippen molar-refractivity contribution >= 4 is 28.4 Å². The first-order valence-electron chi connectivity index (χ1n) is 5.83. The number of hydrogen-bond donors (Lipinski definition) is 0. The summed E-state index contributed by atoms with van der Waals surface area (Å²) in [6.45, 7) is 2.40. The summed E-state index contributed by atoms with van der Waals surface area (Å²) in [6.07, 6.45) is 1.66. The molecular formula is C14H15ClN2O. The van der Waals surface area contributed by atoms with Gasteiger partial charge in [-0.15, -0.1) is 11.6 Å². The van der Waals surface area contributed by atoms with E-state index in [1.165, 1.54) is 0 Å². The zero-order valence-electron chi connectivity index (χ0n) is 10.4. The molecule has 0 saturated carbocycles. The van der Waals surface area contributed by atoms with Crippen LogP contribution in [0.4, 0.5) is 0 Å². The molecule has 18 heavy (non-hydrogen) atoms. The number of benzene rings is 1. The van der Waals surface area contributed by atoms with Crippen molar-refractivity contribution in [3.63, 3.8) is 0 Å². The molecular weight excluding hydrogens is 248 g/mol. The molecule has 3 nitrogen and oxygen atoms in total. The van der Waals surface area contributed by atoms with Gasteiger partial charge in [0.1, 0.15) is 0 Å². The van der Waals surface area contributed by atoms with Crippen LogP contribution < -0.4 is 0 Å². The van der Waals surface area contributed by atoms with Gasteiger partial charge in [-0.3, -0.25) is 9.78 Å². The number of carbonyl (C=O) groups excluding carboxylic acids is 1. The number of amides is 1. The summed E-state index contributed by atoms with van der Waals surface area (Å²) in [5.41, 5.74) is 1.50. The second kappa shape index (κ2) is 5.36. The van der Waals surface area contributed by atoms with Crippen molar-refractivity contribution in [3.05, 3.63) is 42.1 Å². The fraction of sp³-hybridized carbons (Fsp3) is 0.286. The second-order valence-electron chi connectivity index (χ2n) is 4.34. The average Bonchev–Trinajstić information content (AvgIpc) is 2.36. The number of fused-ring (bicyclic) bond motifs is 1. The van der Waals surface area contributed by atoms with E-state index in [4.69, 9.17) is 11.6 Å². The second-order valence-corrected chi connectivity index (χ2v) is 5.09. The molecule has 1 aromatic heterocycles. The lowest BCUT2D eigenvalue weighted by Gasteiger charge is -2.19. The van der Waals surface area contributed by atoms with Gasteiger partial charge in [-0.2, -0.15) is 0 Å². The highest BCUT2D eigenvalue weighted by molar-refractivity contribution is 6.20. The Morgan fingerprint density at radius 1 is 1.39 bits per heavy atom. The maximum absolute atomic E-state index is 12.3. The molecule has 4 heteroatoms. The van der Waals surface area contributed by atoms with Crippen molar-refractivity contribution in [2.45, 2.75) is 12.3 Å². The van der Waals surface area contributed by atoms with Crippen LogP contribution in [0.25, 0.3) is 10.9 Å². The van der Waals surface area contributed by atoms with Gasteiger partial charge in [-0.25, -0.2) is 0 Å². The number of carbonyl (C=O) groups is 1. The molecule has 0 saturated heterocycles. The quantitative estimate of drug-likeness (QED) is 0.797. The van der Waals surface area contributed by atoms with E-state index in [9.17, 15) is 4.79 Å². The zero-order chi connectivity index (χ0) is 13.1. The highest BCUT2D eigenvalue weighted by Gasteiger charge is 2.15. The highest BCUT2D eigenvalue weighted by atomic mass is 35.5. The molecule has 1 aromatic carbocycles. The number of rotatable bonds is 3. The van der Waals surface area contributed by atoms with Crippen molar-refractivity contribution in [1.29, 1.82) is 0 Å². The van der Waals surface area contributed by atoms with E-state index >= 15 is 0 Å². The first-order chi connectivity index (χ1) is 8.59. The summed E-state index contributed by atoms with van der Waals surface area (Å²) >= 11 is 5.92. The lowest BCUT2D eigenvalue weighted by atomic mass is 10.1. The number of aromatic nitrogens is 1.